The van der Waals surface area contributed by atoms with Crippen LogP contribution in [0.2, 0.25) is 5.02 Å². The van der Waals surface area contributed by atoms with Crippen LogP contribution in [0.4, 0.5) is 0 Å². The van der Waals surface area contributed by atoms with E-state index in [1.54, 1.807) is 30.3 Å². The van der Waals surface area contributed by atoms with Crippen molar-refractivity contribution in [3.63, 3.8) is 0 Å². The van der Waals surface area contributed by atoms with E-state index in [2.05, 4.69) is 5.32 Å². The highest BCUT2D eigenvalue weighted by molar-refractivity contribution is 6.32. The van der Waals surface area contributed by atoms with E-state index in [-0.39, 0.29) is 18.3 Å². The van der Waals surface area contributed by atoms with Gasteiger partial charge in [0.15, 0.2) is 23.9 Å². The molecular formula is C21H22ClNO5. The van der Waals surface area contributed by atoms with Crippen LogP contribution < -0.4 is 19.5 Å². The van der Waals surface area contributed by atoms with Gasteiger partial charge in [-0.25, -0.2) is 0 Å². The van der Waals surface area contributed by atoms with Crippen molar-refractivity contribution < 1.29 is 23.8 Å². The maximum Gasteiger partial charge on any atom is 0.258 e. The number of halogens is 1. The van der Waals surface area contributed by atoms with E-state index in [9.17, 15) is 9.59 Å². The van der Waals surface area contributed by atoms with E-state index in [0.29, 0.717) is 54.0 Å². The molecule has 1 amide bonds. The molecule has 0 atom stereocenters. The molecular weight excluding hydrogens is 382 g/mol. The van der Waals surface area contributed by atoms with Crippen molar-refractivity contribution in [2.45, 2.75) is 26.3 Å². The molecule has 1 heterocycles. The minimum atomic E-state index is -0.267. The number of carbonyl (C=O) groups excluding carboxylic acids is 2. The third-order valence-electron chi connectivity index (χ3n) is 4.22. The normalized spacial score (nSPS) is 12.8. The quantitative estimate of drug-likeness (QED) is 0.712. The Kier molecular flexibility index (Phi) is 6.76. The number of rotatable bonds is 7. The minimum absolute atomic E-state index is 0.0677. The Hall–Kier alpha value is -2.73. The lowest BCUT2D eigenvalue weighted by atomic mass is 10.1. The van der Waals surface area contributed by atoms with Gasteiger partial charge in [0.25, 0.3) is 5.91 Å². The third kappa shape index (κ3) is 5.16. The molecule has 0 fully saturated rings. The standard InChI is InChI=1S/C21H22ClNO5/c1-2-18(24)15-4-6-16(7-5-15)28-13-20(25)23-12-14-10-17(22)21-19(11-14)26-8-3-9-27-21/h4-7,10-11H,2-3,8-9,12-13H2,1H3,(H,23,25). The second kappa shape index (κ2) is 9.46. The molecule has 1 N–H and O–H groups in total. The first-order valence-corrected chi connectivity index (χ1v) is 9.55. The topological polar surface area (TPSA) is 73.9 Å². The summed E-state index contributed by atoms with van der Waals surface area (Å²) < 4.78 is 16.7. The van der Waals surface area contributed by atoms with Gasteiger partial charge in [-0.2, -0.15) is 0 Å². The van der Waals surface area contributed by atoms with Gasteiger partial charge in [-0.3, -0.25) is 9.59 Å². The van der Waals surface area contributed by atoms with Gasteiger partial charge in [-0.1, -0.05) is 18.5 Å². The van der Waals surface area contributed by atoms with Crippen molar-refractivity contribution >= 4 is 23.3 Å². The molecule has 0 spiro atoms. The van der Waals surface area contributed by atoms with Crippen LogP contribution in [0.1, 0.15) is 35.7 Å². The van der Waals surface area contributed by atoms with Crippen molar-refractivity contribution in [2.24, 2.45) is 0 Å². The Morgan fingerprint density at radius 1 is 1.14 bits per heavy atom. The molecule has 2 aromatic rings. The van der Waals surface area contributed by atoms with Gasteiger partial charge in [0.2, 0.25) is 0 Å². The summed E-state index contributed by atoms with van der Waals surface area (Å²) in [5.41, 5.74) is 1.44. The highest BCUT2D eigenvalue weighted by Gasteiger charge is 2.16. The van der Waals surface area contributed by atoms with E-state index in [4.69, 9.17) is 25.8 Å². The predicted molar refractivity (Wildman–Crippen MR) is 105 cm³/mol. The number of hydrogen-bond donors (Lipinski definition) is 1. The molecule has 6 nitrogen and oxygen atoms in total. The summed E-state index contributed by atoms with van der Waals surface area (Å²) in [6.45, 7) is 3.11. The smallest absolute Gasteiger partial charge is 0.258 e. The summed E-state index contributed by atoms with van der Waals surface area (Å²) in [6, 6.07) is 10.3. The van der Waals surface area contributed by atoms with Crippen molar-refractivity contribution in [2.75, 3.05) is 19.8 Å². The average molecular weight is 404 g/mol. The van der Waals surface area contributed by atoms with Crippen molar-refractivity contribution in [3.05, 3.63) is 52.5 Å². The first-order valence-electron chi connectivity index (χ1n) is 9.17. The van der Waals surface area contributed by atoms with E-state index in [0.717, 1.165) is 12.0 Å². The van der Waals surface area contributed by atoms with Gasteiger partial charge in [-0.15, -0.1) is 0 Å². The average Bonchev–Trinajstić information content (AvgIpc) is 2.96. The van der Waals surface area contributed by atoms with E-state index in [1.807, 2.05) is 13.0 Å². The van der Waals surface area contributed by atoms with Crippen LogP contribution in [-0.2, 0) is 11.3 Å². The van der Waals surface area contributed by atoms with E-state index >= 15 is 0 Å². The number of hydrogen-bond acceptors (Lipinski definition) is 5. The Balaban J connectivity index is 1.51. The molecule has 0 unspecified atom stereocenters. The van der Waals surface area contributed by atoms with Gasteiger partial charge in [0.05, 0.1) is 18.2 Å². The van der Waals surface area contributed by atoms with Crippen LogP contribution in [0.25, 0.3) is 0 Å². The lowest BCUT2D eigenvalue weighted by Gasteiger charge is -2.12. The van der Waals surface area contributed by atoms with Gasteiger partial charge < -0.3 is 19.5 Å². The number of Topliss-reactive ketones (excluding diaryl/α,β-unsaturated/α-hetero) is 1. The fourth-order valence-corrected chi connectivity index (χ4v) is 3.02. The van der Waals surface area contributed by atoms with E-state index in [1.165, 1.54) is 0 Å². The number of ether oxygens (including phenoxy) is 3. The van der Waals surface area contributed by atoms with Gasteiger partial charge in [0.1, 0.15) is 5.75 Å². The molecule has 2 aromatic carbocycles. The van der Waals surface area contributed by atoms with Crippen LogP contribution in [0.15, 0.2) is 36.4 Å². The zero-order valence-electron chi connectivity index (χ0n) is 15.6. The summed E-state index contributed by atoms with van der Waals surface area (Å²) in [7, 11) is 0. The summed E-state index contributed by atoms with van der Waals surface area (Å²) in [5.74, 6) is 1.46. The maximum atomic E-state index is 12.1. The summed E-state index contributed by atoms with van der Waals surface area (Å²) in [4.78, 5) is 23.7. The molecule has 3 rings (SSSR count). The Morgan fingerprint density at radius 2 is 1.89 bits per heavy atom. The second-order valence-electron chi connectivity index (χ2n) is 6.32. The van der Waals surface area contributed by atoms with Gasteiger partial charge in [-0.05, 0) is 42.0 Å². The Bertz CT molecular complexity index is 851. The SMILES string of the molecule is CCC(=O)c1ccc(OCC(=O)NCc2cc(Cl)c3c(c2)OCCCO3)cc1. The van der Waals surface area contributed by atoms with Crippen molar-refractivity contribution in [1.82, 2.24) is 5.32 Å². The van der Waals surface area contributed by atoms with Gasteiger partial charge in [0, 0.05) is 24.9 Å². The molecule has 1 aliphatic rings. The molecule has 0 saturated carbocycles. The van der Waals surface area contributed by atoms with E-state index < -0.39 is 0 Å². The monoisotopic (exact) mass is 403 g/mol. The minimum Gasteiger partial charge on any atom is -0.489 e. The molecule has 28 heavy (non-hydrogen) atoms. The fourth-order valence-electron chi connectivity index (χ4n) is 2.73. The molecule has 0 saturated heterocycles. The Labute approximate surface area is 168 Å². The molecule has 1 aliphatic heterocycles. The molecule has 0 bridgehead atoms. The number of amides is 1. The lowest BCUT2D eigenvalue weighted by Crippen LogP contribution is -2.28. The maximum absolute atomic E-state index is 12.1. The van der Waals surface area contributed by atoms with Gasteiger partial charge >= 0.3 is 0 Å². The Morgan fingerprint density at radius 3 is 2.64 bits per heavy atom. The molecule has 0 aliphatic carbocycles. The van der Waals surface area contributed by atoms with Crippen LogP contribution in [0, 0.1) is 0 Å². The van der Waals surface area contributed by atoms with Crippen LogP contribution in [-0.4, -0.2) is 31.5 Å². The zero-order chi connectivity index (χ0) is 19.9. The van der Waals surface area contributed by atoms with Crippen LogP contribution in [0.3, 0.4) is 0 Å². The number of benzene rings is 2. The number of carbonyl (C=O) groups is 2. The number of ketones is 1. The molecule has 0 aromatic heterocycles. The first kappa shape index (κ1) is 20.0. The molecule has 0 radical (unpaired) electrons. The summed E-state index contributed by atoms with van der Waals surface area (Å²) >= 11 is 6.26. The zero-order valence-corrected chi connectivity index (χ0v) is 16.4. The van der Waals surface area contributed by atoms with Crippen LogP contribution >= 0.6 is 11.6 Å². The first-order chi connectivity index (χ1) is 13.6. The van der Waals surface area contributed by atoms with Crippen molar-refractivity contribution in [1.29, 1.82) is 0 Å². The van der Waals surface area contributed by atoms with Crippen LogP contribution in [0.5, 0.6) is 17.2 Å². The van der Waals surface area contributed by atoms with Crippen molar-refractivity contribution in [3.8, 4) is 17.2 Å². The third-order valence-corrected chi connectivity index (χ3v) is 4.50. The fraction of sp³-hybridized carbons (Fsp3) is 0.333. The summed E-state index contributed by atoms with van der Waals surface area (Å²) in [6.07, 6.45) is 1.24. The predicted octanol–water partition coefficient (Wildman–Crippen LogP) is 3.79. The highest BCUT2D eigenvalue weighted by Crippen LogP contribution is 2.37. The number of nitrogens with one attached hydrogen (secondary N) is 1. The highest BCUT2D eigenvalue weighted by atomic mass is 35.5. The largest absolute Gasteiger partial charge is 0.489 e. The molecule has 7 heteroatoms. The lowest BCUT2D eigenvalue weighted by molar-refractivity contribution is -0.123. The molecule has 148 valence electrons. The second-order valence-corrected chi connectivity index (χ2v) is 6.73. The number of fused-ring (bicyclic) bond motifs is 1. The summed E-state index contributed by atoms with van der Waals surface area (Å²) in [5, 5.41) is 3.24.